The SMILES string of the molecule is CN1c2c(cccc2C(=O)O)NC(=O)C1(C)C. The molecule has 0 aliphatic carbocycles. The summed E-state index contributed by atoms with van der Waals surface area (Å²) in [4.78, 5) is 24.7. The van der Waals surface area contributed by atoms with E-state index in [1.165, 1.54) is 6.07 Å². The highest BCUT2D eigenvalue weighted by Gasteiger charge is 2.39. The molecule has 1 aromatic rings. The lowest BCUT2D eigenvalue weighted by molar-refractivity contribution is -0.120. The Bertz CT molecular complexity index is 508. The molecule has 0 atom stereocenters. The summed E-state index contributed by atoms with van der Waals surface area (Å²) in [5.74, 6) is -1.14. The number of para-hydroxylation sites is 1. The molecule has 0 radical (unpaired) electrons. The minimum Gasteiger partial charge on any atom is -0.478 e. The average molecular weight is 234 g/mol. The predicted molar refractivity (Wildman–Crippen MR) is 64.5 cm³/mol. The first-order valence-corrected chi connectivity index (χ1v) is 5.27. The van der Waals surface area contributed by atoms with Gasteiger partial charge in [0.05, 0.1) is 16.9 Å². The Balaban J connectivity index is 2.67. The maximum absolute atomic E-state index is 11.9. The van der Waals surface area contributed by atoms with Crippen LogP contribution in [0.2, 0.25) is 0 Å². The normalized spacial score (nSPS) is 17.4. The van der Waals surface area contributed by atoms with Crippen molar-refractivity contribution in [2.75, 3.05) is 17.3 Å². The van der Waals surface area contributed by atoms with Crippen molar-refractivity contribution in [2.24, 2.45) is 0 Å². The molecule has 0 fully saturated rings. The van der Waals surface area contributed by atoms with Crippen LogP contribution in [0.5, 0.6) is 0 Å². The summed E-state index contributed by atoms with van der Waals surface area (Å²) in [6, 6.07) is 4.85. The fourth-order valence-corrected chi connectivity index (χ4v) is 1.89. The third-order valence-electron chi connectivity index (χ3n) is 3.24. The van der Waals surface area contributed by atoms with Crippen molar-refractivity contribution in [2.45, 2.75) is 19.4 Å². The summed E-state index contributed by atoms with van der Waals surface area (Å²) in [7, 11) is 1.73. The van der Waals surface area contributed by atoms with Gasteiger partial charge in [-0.1, -0.05) is 6.07 Å². The summed E-state index contributed by atoms with van der Waals surface area (Å²) in [6.07, 6.45) is 0. The first kappa shape index (κ1) is 11.4. The van der Waals surface area contributed by atoms with Crippen LogP contribution in [0.1, 0.15) is 24.2 Å². The molecule has 1 aliphatic rings. The molecule has 5 heteroatoms. The largest absolute Gasteiger partial charge is 0.478 e. The van der Waals surface area contributed by atoms with Crippen molar-refractivity contribution in [3.8, 4) is 0 Å². The summed E-state index contributed by atoms with van der Waals surface area (Å²) in [5, 5.41) is 11.9. The molecule has 1 heterocycles. The number of amides is 1. The van der Waals surface area contributed by atoms with Crippen LogP contribution >= 0.6 is 0 Å². The maximum Gasteiger partial charge on any atom is 0.337 e. The smallest absolute Gasteiger partial charge is 0.337 e. The number of nitrogens with one attached hydrogen (secondary N) is 1. The predicted octanol–water partition coefficient (Wildman–Crippen LogP) is 1.55. The van der Waals surface area contributed by atoms with E-state index in [-0.39, 0.29) is 11.5 Å². The molecule has 90 valence electrons. The summed E-state index contributed by atoms with van der Waals surface area (Å²) in [5.41, 5.74) is 0.512. The van der Waals surface area contributed by atoms with E-state index in [4.69, 9.17) is 5.11 Å². The Morgan fingerprint density at radius 1 is 1.41 bits per heavy atom. The minimum absolute atomic E-state index is 0.143. The molecule has 0 aromatic heterocycles. The van der Waals surface area contributed by atoms with Crippen LogP contribution in [-0.2, 0) is 4.79 Å². The fourth-order valence-electron chi connectivity index (χ4n) is 1.89. The quantitative estimate of drug-likeness (QED) is 0.773. The van der Waals surface area contributed by atoms with Crippen molar-refractivity contribution in [3.63, 3.8) is 0 Å². The molecule has 1 aromatic carbocycles. The maximum atomic E-state index is 11.9. The third kappa shape index (κ3) is 1.54. The Labute approximate surface area is 99.0 Å². The number of likely N-dealkylation sites (N-methyl/N-ethyl adjacent to an activating group) is 1. The summed E-state index contributed by atoms with van der Waals surface area (Å²) >= 11 is 0. The molecular weight excluding hydrogens is 220 g/mol. The molecule has 0 unspecified atom stereocenters. The van der Waals surface area contributed by atoms with E-state index < -0.39 is 11.5 Å². The lowest BCUT2D eigenvalue weighted by Crippen LogP contribution is -2.54. The van der Waals surface area contributed by atoms with Gasteiger partial charge in [0.15, 0.2) is 0 Å². The van der Waals surface area contributed by atoms with Crippen molar-refractivity contribution in [1.82, 2.24) is 0 Å². The van der Waals surface area contributed by atoms with E-state index >= 15 is 0 Å². The molecule has 2 rings (SSSR count). The zero-order valence-electron chi connectivity index (χ0n) is 9.94. The number of carbonyl (C=O) groups excluding carboxylic acids is 1. The van der Waals surface area contributed by atoms with Crippen molar-refractivity contribution in [1.29, 1.82) is 0 Å². The van der Waals surface area contributed by atoms with E-state index in [0.717, 1.165) is 0 Å². The molecule has 17 heavy (non-hydrogen) atoms. The van der Waals surface area contributed by atoms with Crippen LogP contribution < -0.4 is 10.2 Å². The van der Waals surface area contributed by atoms with E-state index in [0.29, 0.717) is 11.4 Å². The van der Waals surface area contributed by atoms with E-state index in [9.17, 15) is 9.59 Å². The van der Waals surface area contributed by atoms with Gasteiger partial charge in [0.2, 0.25) is 5.91 Å². The number of benzene rings is 1. The van der Waals surface area contributed by atoms with Gasteiger partial charge in [0, 0.05) is 7.05 Å². The zero-order valence-corrected chi connectivity index (χ0v) is 9.94. The number of anilines is 2. The minimum atomic E-state index is -0.999. The Morgan fingerprint density at radius 2 is 2.06 bits per heavy atom. The highest BCUT2D eigenvalue weighted by atomic mass is 16.4. The molecule has 0 saturated carbocycles. The van der Waals surface area contributed by atoms with Crippen LogP contribution in [-0.4, -0.2) is 29.6 Å². The van der Waals surface area contributed by atoms with E-state index in [2.05, 4.69) is 5.32 Å². The van der Waals surface area contributed by atoms with Crippen LogP contribution in [0, 0.1) is 0 Å². The monoisotopic (exact) mass is 234 g/mol. The van der Waals surface area contributed by atoms with E-state index in [1.807, 2.05) is 0 Å². The standard InChI is InChI=1S/C12H14N2O3/c1-12(2)11(17)13-8-6-4-5-7(10(15)16)9(8)14(12)3/h4-6H,1-3H3,(H,13,17)(H,15,16). The van der Waals surface area contributed by atoms with Gasteiger partial charge < -0.3 is 15.3 Å². The van der Waals surface area contributed by atoms with Gasteiger partial charge in [0.25, 0.3) is 0 Å². The Kier molecular flexibility index (Phi) is 2.34. The highest BCUT2D eigenvalue weighted by Crippen LogP contribution is 2.38. The van der Waals surface area contributed by atoms with Gasteiger partial charge in [-0.25, -0.2) is 4.79 Å². The number of carboxylic acid groups (broad SMARTS) is 1. The zero-order chi connectivity index (χ0) is 12.8. The second-order valence-corrected chi connectivity index (χ2v) is 4.58. The van der Waals surface area contributed by atoms with Gasteiger partial charge in [-0.05, 0) is 26.0 Å². The summed E-state index contributed by atoms with van der Waals surface area (Å²) in [6.45, 7) is 3.51. The second kappa shape index (κ2) is 3.48. The molecule has 0 spiro atoms. The Morgan fingerprint density at radius 3 is 2.65 bits per heavy atom. The van der Waals surface area contributed by atoms with Crippen LogP contribution in [0.25, 0.3) is 0 Å². The highest BCUT2D eigenvalue weighted by molar-refractivity contribution is 6.10. The number of carbonyl (C=O) groups is 2. The van der Waals surface area contributed by atoms with Gasteiger partial charge in [-0.3, -0.25) is 4.79 Å². The lowest BCUT2D eigenvalue weighted by atomic mass is 9.95. The summed E-state index contributed by atoms with van der Waals surface area (Å²) < 4.78 is 0. The number of fused-ring (bicyclic) bond motifs is 1. The van der Waals surface area contributed by atoms with Gasteiger partial charge in [-0.15, -0.1) is 0 Å². The third-order valence-corrected chi connectivity index (χ3v) is 3.24. The second-order valence-electron chi connectivity index (χ2n) is 4.58. The van der Waals surface area contributed by atoms with Gasteiger partial charge in [0.1, 0.15) is 5.54 Å². The van der Waals surface area contributed by atoms with Crippen LogP contribution in [0.15, 0.2) is 18.2 Å². The van der Waals surface area contributed by atoms with Gasteiger partial charge >= 0.3 is 5.97 Å². The topological polar surface area (TPSA) is 69.6 Å². The molecule has 1 amide bonds. The Hall–Kier alpha value is -2.04. The molecule has 1 aliphatic heterocycles. The first-order valence-electron chi connectivity index (χ1n) is 5.27. The average Bonchev–Trinajstić information content (AvgIpc) is 2.26. The van der Waals surface area contributed by atoms with Crippen molar-refractivity contribution >= 4 is 23.3 Å². The van der Waals surface area contributed by atoms with Crippen molar-refractivity contribution in [3.05, 3.63) is 23.8 Å². The molecular formula is C12H14N2O3. The first-order chi connectivity index (χ1) is 7.85. The van der Waals surface area contributed by atoms with Crippen molar-refractivity contribution < 1.29 is 14.7 Å². The lowest BCUT2D eigenvalue weighted by Gasteiger charge is -2.41. The fraction of sp³-hybridized carbons (Fsp3) is 0.333. The number of carboxylic acids is 1. The number of aromatic carboxylic acids is 1. The van der Waals surface area contributed by atoms with E-state index in [1.54, 1.807) is 37.9 Å². The number of nitrogens with zero attached hydrogens (tertiary/aromatic N) is 1. The van der Waals surface area contributed by atoms with Gasteiger partial charge in [-0.2, -0.15) is 0 Å². The number of hydrogen-bond donors (Lipinski definition) is 2. The number of hydrogen-bond acceptors (Lipinski definition) is 3. The van der Waals surface area contributed by atoms with Crippen LogP contribution in [0.4, 0.5) is 11.4 Å². The molecule has 5 nitrogen and oxygen atoms in total. The van der Waals surface area contributed by atoms with Crippen LogP contribution in [0.3, 0.4) is 0 Å². The molecule has 2 N–H and O–H groups in total. The molecule has 0 saturated heterocycles. The molecule has 0 bridgehead atoms. The number of rotatable bonds is 1.